The van der Waals surface area contributed by atoms with Gasteiger partial charge in [-0.3, -0.25) is 0 Å². The Morgan fingerprint density at radius 3 is 2.93 bits per heavy atom. The van der Waals surface area contributed by atoms with E-state index in [-0.39, 0.29) is 0 Å². The average molecular weight is 213 g/mol. The van der Waals surface area contributed by atoms with Gasteiger partial charge in [0, 0.05) is 25.1 Å². The molecule has 1 N–H and O–H groups in total. The van der Waals surface area contributed by atoms with Gasteiger partial charge in [0.15, 0.2) is 0 Å². The van der Waals surface area contributed by atoms with Crippen molar-refractivity contribution in [2.75, 3.05) is 25.1 Å². The Morgan fingerprint density at radius 2 is 2.27 bits per heavy atom. The molecular weight excluding hydrogens is 200 g/mol. The first-order chi connectivity index (χ1) is 7.25. The number of benzene rings is 1. The smallest absolute Gasteiger partial charge is 0.149 e. The van der Waals surface area contributed by atoms with Gasteiger partial charge in [-0.25, -0.2) is 8.78 Å². The molecule has 1 fully saturated rings. The predicted molar refractivity (Wildman–Crippen MR) is 53.8 cm³/mol. The van der Waals surface area contributed by atoms with E-state index in [9.17, 15) is 8.78 Å². The molecule has 1 atom stereocenters. The van der Waals surface area contributed by atoms with Crippen LogP contribution in [0.1, 0.15) is 6.42 Å². The van der Waals surface area contributed by atoms with Gasteiger partial charge in [0.2, 0.25) is 0 Å². The van der Waals surface area contributed by atoms with Crippen LogP contribution in [0.5, 0.6) is 0 Å². The van der Waals surface area contributed by atoms with Crippen LogP contribution < -0.4 is 5.32 Å². The number of anilines is 1. The van der Waals surface area contributed by atoms with Crippen molar-refractivity contribution < 1.29 is 13.5 Å². The normalized spacial score (nSPS) is 20.5. The van der Waals surface area contributed by atoms with Crippen molar-refractivity contribution in [2.45, 2.75) is 6.42 Å². The van der Waals surface area contributed by atoms with E-state index >= 15 is 0 Å². The second kappa shape index (κ2) is 4.57. The third kappa shape index (κ3) is 2.65. The molecule has 0 aliphatic carbocycles. The van der Waals surface area contributed by atoms with Gasteiger partial charge in [-0.05, 0) is 18.6 Å². The number of halogens is 2. The minimum absolute atomic E-state index is 0.350. The molecule has 0 aromatic heterocycles. The summed E-state index contributed by atoms with van der Waals surface area (Å²) in [4.78, 5) is 0. The highest BCUT2D eigenvalue weighted by molar-refractivity contribution is 5.44. The minimum Gasteiger partial charge on any atom is -0.382 e. The molecule has 4 heteroatoms. The monoisotopic (exact) mass is 213 g/mol. The van der Waals surface area contributed by atoms with E-state index in [1.54, 1.807) is 0 Å². The molecule has 0 bridgehead atoms. The number of hydrogen-bond acceptors (Lipinski definition) is 2. The van der Waals surface area contributed by atoms with E-state index in [2.05, 4.69) is 5.32 Å². The Balaban J connectivity index is 1.92. The first-order valence-electron chi connectivity index (χ1n) is 5.02. The van der Waals surface area contributed by atoms with Crippen molar-refractivity contribution in [1.29, 1.82) is 0 Å². The number of hydrogen-bond donors (Lipinski definition) is 1. The molecule has 2 rings (SSSR count). The van der Waals surface area contributed by atoms with Gasteiger partial charge < -0.3 is 10.1 Å². The van der Waals surface area contributed by atoms with Gasteiger partial charge in [0.25, 0.3) is 0 Å². The first-order valence-corrected chi connectivity index (χ1v) is 5.02. The average Bonchev–Trinajstić information content (AvgIpc) is 2.69. The first kappa shape index (κ1) is 10.4. The van der Waals surface area contributed by atoms with Crippen LogP contribution >= 0.6 is 0 Å². The lowest BCUT2D eigenvalue weighted by molar-refractivity contribution is 0.187. The fourth-order valence-electron chi connectivity index (χ4n) is 1.63. The summed E-state index contributed by atoms with van der Waals surface area (Å²) in [6.07, 6.45) is 0.996. The molecule has 1 aliphatic heterocycles. The van der Waals surface area contributed by atoms with E-state index in [1.165, 1.54) is 12.1 Å². The highest BCUT2D eigenvalue weighted by atomic mass is 19.1. The van der Waals surface area contributed by atoms with E-state index in [4.69, 9.17) is 4.74 Å². The summed E-state index contributed by atoms with van der Waals surface area (Å²) in [7, 11) is 0. The Morgan fingerprint density at radius 1 is 1.40 bits per heavy atom. The molecule has 0 amide bonds. The van der Waals surface area contributed by atoms with Gasteiger partial charge in [0.1, 0.15) is 11.6 Å². The standard InChI is InChI=1S/C11H13F2NO/c12-9-1-2-11(10(13)5-9)14-6-8-3-4-15-7-8/h1-2,5,8,14H,3-4,6-7H2. The molecule has 1 saturated heterocycles. The Bertz CT molecular complexity index is 337. The zero-order valence-electron chi connectivity index (χ0n) is 8.30. The van der Waals surface area contributed by atoms with E-state index in [0.717, 1.165) is 25.7 Å². The van der Waals surface area contributed by atoms with Crippen LogP contribution in [0.3, 0.4) is 0 Å². The zero-order valence-corrected chi connectivity index (χ0v) is 8.30. The van der Waals surface area contributed by atoms with Crippen LogP contribution in [0, 0.1) is 17.6 Å². The van der Waals surface area contributed by atoms with Gasteiger partial charge in [-0.15, -0.1) is 0 Å². The van der Waals surface area contributed by atoms with Gasteiger partial charge in [0.05, 0.1) is 12.3 Å². The fourth-order valence-corrected chi connectivity index (χ4v) is 1.63. The summed E-state index contributed by atoms with van der Waals surface area (Å²) in [5.41, 5.74) is 0.350. The summed E-state index contributed by atoms with van der Waals surface area (Å²) in [5.74, 6) is -0.675. The van der Waals surface area contributed by atoms with E-state index in [0.29, 0.717) is 18.2 Å². The minimum atomic E-state index is -0.553. The van der Waals surface area contributed by atoms with Crippen molar-refractivity contribution in [2.24, 2.45) is 5.92 Å². The molecule has 1 heterocycles. The molecule has 1 aromatic rings. The number of ether oxygens (including phenoxy) is 1. The van der Waals surface area contributed by atoms with Gasteiger partial charge >= 0.3 is 0 Å². The third-order valence-corrected chi connectivity index (χ3v) is 2.54. The molecule has 2 nitrogen and oxygen atoms in total. The highest BCUT2D eigenvalue weighted by Gasteiger charge is 2.15. The number of rotatable bonds is 3. The molecular formula is C11H13F2NO. The molecule has 15 heavy (non-hydrogen) atoms. The Kier molecular flexibility index (Phi) is 3.16. The quantitative estimate of drug-likeness (QED) is 0.832. The third-order valence-electron chi connectivity index (χ3n) is 2.54. The molecule has 1 unspecified atom stereocenters. The van der Waals surface area contributed by atoms with Crippen LogP contribution in [0.2, 0.25) is 0 Å². The maximum atomic E-state index is 13.2. The molecule has 82 valence electrons. The summed E-state index contributed by atoms with van der Waals surface area (Å²) in [5, 5.41) is 2.96. The summed E-state index contributed by atoms with van der Waals surface area (Å²) >= 11 is 0. The van der Waals surface area contributed by atoms with Crippen LogP contribution in [0.25, 0.3) is 0 Å². The second-order valence-corrected chi connectivity index (χ2v) is 3.73. The Hall–Kier alpha value is -1.16. The zero-order chi connectivity index (χ0) is 10.7. The lowest BCUT2D eigenvalue weighted by atomic mass is 10.1. The summed E-state index contributed by atoms with van der Waals surface area (Å²) in [6, 6.07) is 3.55. The van der Waals surface area contributed by atoms with Crippen molar-refractivity contribution in [3.8, 4) is 0 Å². The maximum Gasteiger partial charge on any atom is 0.149 e. The molecule has 0 saturated carbocycles. The molecule has 1 aliphatic rings. The van der Waals surface area contributed by atoms with Gasteiger partial charge in [-0.1, -0.05) is 0 Å². The fraction of sp³-hybridized carbons (Fsp3) is 0.455. The van der Waals surface area contributed by atoms with Crippen LogP contribution in [0.15, 0.2) is 18.2 Å². The Labute approximate surface area is 87.2 Å². The lowest BCUT2D eigenvalue weighted by Crippen LogP contribution is -2.14. The molecule has 1 aromatic carbocycles. The van der Waals surface area contributed by atoms with Crippen LogP contribution in [-0.2, 0) is 4.74 Å². The summed E-state index contributed by atoms with van der Waals surface area (Å²) in [6.45, 7) is 2.16. The second-order valence-electron chi connectivity index (χ2n) is 3.73. The van der Waals surface area contributed by atoms with E-state index in [1.807, 2.05) is 0 Å². The lowest BCUT2D eigenvalue weighted by Gasteiger charge is -2.11. The van der Waals surface area contributed by atoms with Crippen LogP contribution in [0.4, 0.5) is 14.5 Å². The van der Waals surface area contributed by atoms with Crippen molar-refractivity contribution in [3.63, 3.8) is 0 Å². The molecule has 0 radical (unpaired) electrons. The van der Waals surface area contributed by atoms with E-state index < -0.39 is 11.6 Å². The van der Waals surface area contributed by atoms with Gasteiger partial charge in [-0.2, -0.15) is 0 Å². The summed E-state index contributed by atoms with van der Waals surface area (Å²) < 4.78 is 31.0. The SMILES string of the molecule is Fc1ccc(NCC2CCOC2)c(F)c1. The highest BCUT2D eigenvalue weighted by Crippen LogP contribution is 2.17. The number of nitrogens with one attached hydrogen (secondary N) is 1. The largest absolute Gasteiger partial charge is 0.382 e. The predicted octanol–water partition coefficient (Wildman–Crippen LogP) is 2.41. The van der Waals surface area contributed by atoms with Crippen molar-refractivity contribution >= 4 is 5.69 Å². The van der Waals surface area contributed by atoms with Crippen molar-refractivity contribution in [3.05, 3.63) is 29.8 Å². The molecule has 0 spiro atoms. The topological polar surface area (TPSA) is 21.3 Å². The van der Waals surface area contributed by atoms with Crippen molar-refractivity contribution in [1.82, 2.24) is 0 Å². The van der Waals surface area contributed by atoms with Crippen LogP contribution in [-0.4, -0.2) is 19.8 Å². The maximum absolute atomic E-state index is 13.2.